The monoisotopic (exact) mass is 362 g/mol. The van der Waals surface area contributed by atoms with Crippen LogP contribution in [0.2, 0.25) is 5.02 Å². The Morgan fingerprint density at radius 2 is 2.16 bits per heavy atom. The van der Waals surface area contributed by atoms with Gasteiger partial charge in [-0.3, -0.25) is 4.79 Å². The Morgan fingerprint density at radius 3 is 2.92 bits per heavy atom. The highest BCUT2D eigenvalue weighted by Crippen LogP contribution is 2.24. The minimum Gasteiger partial charge on any atom is -0.490 e. The zero-order valence-corrected chi connectivity index (χ0v) is 14.6. The van der Waals surface area contributed by atoms with Crippen molar-refractivity contribution in [1.29, 1.82) is 0 Å². The number of anilines is 1. The smallest absolute Gasteiger partial charge is 0.257 e. The van der Waals surface area contributed by atoms with E-state index in [1.165, 1.54) is 12.1 Å². The molecular weight excluding hydrogens is 343 g/mol. The van der Waals surface area contributed by atoms with Crippen LogP contribution in [0.1, 0.15) is 30.1 Å². The molecule has 6 heteroatoms. The van der Waals surface area contributed by atoms with Crippen molar-refractivity contribution in [3.8, 4) is 5.75 Å². The highest BCUT2D eigenvalue weighted by atomic mass is 35.5. The van der Waals surface area contributed by atoms with Crippen molar-refractivity contribution in [3.63, 3.8) is 0 Å². The van der Waals surface area contributed by atoms with E-state index in [4.69, 9.17) is 16.3 Å². The summed E-state index contributed by atoms with van der Waals surface area (Å²) in [6.07, 6.45) is 2.06. The van der Waals surface area contributed by atoms with Crippen LogP contribution in [0.4, 0.5) is 10.1 Å². The van der Waals surface area contributed by atoms with Crippen LogP contribution < -0.4 is 15.4 Å². The fourth-order valence-corrected chi connectivity index (χ4v) is 3.16. The third-order valence-corrected chi connectivity index (χ3v) is 4.46. The van der Waals surface area contributed by atoms with Crippen molar-refractivity contribution in [2.24, 2.45) is 0 Å². The molecule has 25 heavy (non-hydrogen) atoms. The summed E-state index contributed by atoms with van der Waals surface area (Å²) in [4.78, 5) is 12.3. The fraction of sp³-hybridized carbons (Fsp3) is 0.316. The van der Waals surface area contributed by atoms with Gasteiger partial charge in [0.2, 0.25) is 0 Å². The Morgan fingerprint density at radius 1 is 1.32 bits per heavy atom. The fourth-order valence-electron chi connectivity index (χ4n) is 2.90. The minimum atomic E-state index is -0.479. The summed E-state index contributed by atoms with van der Waals surface area (Å²) >= 11 is 5.93. The third-order valence-electron chi connectivity index (χ3n) is 4.15. The summed E-state index contributed by atoms with van der Waals surface area (Å²) in [5.41, 5.74) is 0.825. The van der Waals surface area contributed by atoms with Crippen LogP contribution in [0, 0.1) is 5.82 Å². The molecule has 2 aromatic carbocycles. The molecule has 2 aromatic rings. The largest absolute Gasteiger partial charge is 0.490 e. The quantitative estimate of drug-likeness (QED) is 0.854. The van der Waals surface area contributed by atoms with Crippen LogP contribution in [0.5, 0.6) is 5.75 Å². The number of carbonyl (C=O) groups is 1. The molecule has 2 atom stereocenters. The number of hydrogen-bond donors (Lipinski definition) is 2. The maximum atomic E-state index is 13.1. The SMILES string of the molecule is C[C@@H]1C[C@@H](Oc2cccc(NC(=O)c3ccc(F)cc3Cl)c2)CCN1. The van der Waals surface area contributed by atoms with Crippen molar-refractivity contribution in [2.75, 3.05) is 11.9 Å². The molecule has 1 aliphatic rings. The van der Waals surface area contributed by atoms with E-state index in [9.17, 15) is 9.18 Å². The molecule has 0 bridgehead atoms. The molecule has 1 heterocycles. The highest BCUT2D eigenvalue weighted by molar-refractivity contribution is 6.34. The van der Waals surface area contributed by atoms with Crippen molar-refractivity contribution in [1.82, 2.24) is 5.32 Å². The first-order valence-corrected chi connectivity index (χ1v) is 8.65. The second kappa shape index (κ2) is 7.85. The first-order chi connectivity index (χ1) is 12.0. The van der Waals surface area contributed by atoms with Crippen molar-refractivity contribution in [2.45, 2.75) is 31.9 Å². The summed E-state index contributed by atoms with van der Waals surface area (Å²) in [5, 5.41) is 6.23. The van der Waals surface area contributed by atoms with Crippen molar-refractivity contribution < 1.29 is 13.9 Å². The molecule has 1 saturated heterocycles. The second-order valence-corrected chi connectivity index (χ2v) is 6.63. The number of nitrogens with one attached hydrogen (secondary N) is 2. The lowest BCUT2D eigenvalue weighted by atomic mass is 10.0. The zero-order valence-electron chi connectivity index (χ0n) is 13.9. The summed E-state index contributed by atoms with van der Waals surface area (Å²) < 4.78 is 19.1. The number of rotatable bonds is 4. The van der Waals surface area contributed by atoms with E-state index in [1.54, 1.807) is 12.1 Å². The third kappa shape index (κ3) is 4.71. The zero-order chi connectivity index (χ0) is 17.8. The van der Waals surface area contributed by atoms with Gasteiger partial charge in [0.25, 0.3) is 5.91 Å². The number of amides is 1. The molecule has 0 aliphatic carbocycles. The minimum absolute atomic E-state index is 0.0774. The predicted octanol–water partition coefficient (Wildman–Crippen LogP) is 4.25. The predicted molar refractivity (Wildman–Crippen MR) is 96.9 cm³/mol. The molecule has 3 rings (SSSR count). The molecule has 0 saturated carbocycles. The van der Waals surface area contributed by atoms with Gasteiger partial charge >= 0.3 is 0 Å². The number of benzene rings is 2. The van der Waals surface area contributed by atoms with E-state index in [0.29, 0.717) is 17.5 Å². The normalized spacial score (nSPS) is 20.1. The van der Waals surface area contributed by atoms with Crippen LogP contribution >= 0.6 is 11.6 Å². The van der Waals surface area contributed by atoms with E-state index in [0.717, 1.165) is 25.5 Å². The van der Waals surface area contributed by atoms with Crippen molar-refractivity contribution in [3.05, 3.63) is 58.9 Å². The number of piperidine rings is 1. The molecule has 2 N–H and O–H groups in total. The van der Waals surface area contributed by atoms with Crippen LogP contribution in [0.3, 0.4) is 0 Å². The molecule has 132 valence electrons. The summed E-state index contributed by atoms with van der Waals surface area (Å²) in [6, 6.07) is 11.4. The van der Waals surface area contributed by atoms with Gasteiger partial charge < -0.3 is 15.4 Å². The topological polar surface area (TPSA) is 50.4 Å². The molecule has 0 unspecified atom stereocenters. The van der Waals surface area contributed by atoms with Gasteiger partial charge in [-0.05, 0) is 56.6 Å². The van der Waals surface area contributed by atoms with E-state index in [1.807, 2.05) is 12.1 Å². The van der Waals surface area contributed by atoms with Crippen LogP contribution in [-0.4, -0.2) is 24.6 Å². The molecule has 4 nitrogen and oxygen atoms in total. The number of ether oxygens (including phenoxy) is 1. The molecule has 1 fully saturated rings. The van der Waals surface area contributed by atoms with Gasteiger partial charge in [0.05, 0.1) is 10.6 Å². The van der Waals surface area contributed by atoms with Gasteiger partial charge in [0, 0.05) is 17.8 Å². The Balaban J connectivity index is 1.67. The van der Waals surface area contributed by atoms with Gasteiger partial charge in [-0.1, -0.05) is 17.7 Å². The molecule has 1 amide bonds. The summed E-state index contributed by atoms with van der Waals surface area (Å²) in [5.74, 6) is -0.159. The van der Waals surface area contributed by atoms with E-state index in [2.05, 4.69) is 17.6 Å². The lowest BCUT2D eigenvalue weighted by Gasteiger charge is -2.28. The standard InChI is InChI=1S/C19H20ClFN2O2/c1-12-9-16(7-8-22-12)25-15-4-2-3-14(11-15)23-19(24)17-6-5-13(21)10-18(17)20/h2-6,10-12,16,22H,7-9H2,1H3,(H,23,24)/t12-,16+/m1/s1. The summed E-state index contributed by atoms with van der Waals surface area (Å²) in [6.45, 7) is 3.07. The Bertz CT molecular complexity index is 769. The van der Waals surface area contributed by atoms with E-state index < -0.39 is 11.7 Å². The first kappa shape index (κ1) is 17.7. The molecule has 0 aromatic heterocycles. The maximum absolute atomic E-state index is 13.1. The van der Waals surface area contributed by atoms with Crippen molar-refractivity contribution >= 4 is 23.2 Å². The summed E-state index contributed by atoms with van der Waals surface area (Å²) in [7, 11) is 0. The number of carbonyl (C=O) groups excluding carboxylic acids is 1. The number of hydrogen-bond acceptors (Lipinski definition) is 3. The van der Waals surface area contributed by atoms with Crippen LogP contribution in [0.25, 0.3) is 0 Å². The average molecular weight is 363 g/mol. The average Bonchev–Trinajstić information content (AvgIpc) is 2.55. The molecular formula is C19H20ClFN2O2. The molecule has 1 aliphatic heterocycles. The van der Waals surface area contributed by atoms with E-state index >= 15 is 0 Å². The van der Waals surface area contributed by atoms with Gasteiger partial charge in [-0.2, -0.15) is 0 Å². The van der Waals surface area contributed by atoms with Crippen LogP contribution in [-0.2, 0) is 0 Å². The second-order valence-electron chi connectivity index (χ2n) is 6.23. The van der Waals surface area contributed by atoms with Gasteiger partial charge in [-0.15, -0.1) is 0 Å². The Labute approximate surface area is 151 Å². The van der Waals surface area contributed by atoms with Crippen LogP contribution in [0.15, 0.2) is 42.5 Å². The lowest BCUT2D eigenvalue weighted by Crippen LogP contribution is -2.40. The maximum Gasteiger partial charge on any atom is 0.257 e. The Kier molecular flexibility index (Phi) is 5.56. The lowest BCUT2D eigenvalue weighted by molar-refractivity contribution is 0.102. The highest BCUT2D eigenvalue weighted by Gasteiger charge is 2.20. The molecule has 0 spiro atoms. The molecule has 0 radical (unpaired) electrons. The van der Waals surface area contributed by atoms with Gasteiger partial charge in [0.15, 0.2) is 0 Å². The van der Waals surface area contributed by atoms with Gasteiger partial charge in [-0.25, -0.2) is 4.39 Å². The van der Waals surface area contributed by atoms with Gasteiger partial charge in [0.1, 0.15) is 17.7 Å². The van der Waals surface area contributed by atoms with E-state index in [-0.39, 0.29) is 16.7 Å². The first-order valence-electron chi connectivity index (χ1n) is 8.28. The Hall–Kier alpha value is -2.11. The number of halogens is 2.